The molecule has 1 heterocycles. The molecule has 9 nitrogen and oxygen atoms in total. The molecule has 5 aromatic rings. The van der Waals surface area contributed by atoms with Gasteiger partial charge in [0.15, 0.2) is 0 Å². The average molecular weight is 610 g/mol. The van der Waals surface area contributed by atoms with Crippen molar-refractivity contribution in [1.82, 2.24) is 14.5 Å². The molecule has 0 atom stereocenters. The molecule has 2 N–H and O–H groups in total. The maximum Gasteiger partial charge on any atom is 0.303 e. The van der Waals surface area contributed by atoms with E-state index in [1.165, 1.54) is 10.7 Å². The zero-order valence-corrected chi connectivity index (χ0v) is 24.9. The third-order valence-electron chi connectivity index (χ3n) is 7.26. The van der Waals surface area contributed by atoms with Crippen molar-refractivity contribution in [1.29, 1.82) is 0 Å². The van der Waals surface area contributed by atoms with Crippen LogP contribution in [0.1, 0.15) is 36.8 Å². The fourth-order valence-electron chi connectivity index (χ4n) is 4.99. The van der Waals surface area contributed by atoms with Gasteiger partial charge in [0.05, 0.1) is 22.5 Å². The molecule has 0 aliphatic rings. The first-order valence-electron chi connectivity index (χ1n) is 14.1. The molecule has 0 spiro atoms. The van der Waals surface area contributed by atoms with Crippen LogP contribution in [-0.2, 0) is 26.2 Å². The molecule has 0 aliphatic heterocycles. The van der Waals surface area contributed by atoms with Gasteiger partial charge >= 0.3 is 5.97 Å². The van der Waals surface area contributed by atoms with Crippen LogP contribution in [0.4, 0.5) is 0 Å². The van der Waals surface area contributed by atoms with Crippen LogP contribution in [0.5, 0.6) is 0 Å². The first kappa shape index (κ1) is 30.4. The minimum atomic E-state index is -4.18. The number of carboxylic acids is 1. The van der Waals surface area contributed by atoms with E-state index in [4.69, 9.17) is 10.2 Å². The Morgan fingerprint density at radius 2 is 1.41 bits per heavy atom. The van der Waals surface area contributed by atoms with Crippen molar-refractivity contribution in [2.75, 3.05) is 0 Å². The highest BCUT2D eigenvalue weighted by Gasteiger charge is 2.22. The van der Waals surface area contributed by atoms with E-state index in [1.54, 1.807) is 36.4 Å². The van der Waals surface area contributed by atoms with Gasteiger partial charge in [0.25, 0.3) is 15.6 Å². The maximum absolute atomic E-state index is 13.4. The summed E-state index contributed by atoms with van der Waals surface area (Å²) in [6, 6.07) is 28.9. The van der Waals surface area contributed by atoms with E-state index in [9.17, 15) is 22.8 Å². The number of sulfonamides is 1. The third-order valence-corrected chi connectivity index (χ3v) is 8.69. The van der Waals surface area contributed by atoms with Crippen molar-refractivity contribution in [3.63, 3.8) is 0 Å². The summed E-state index contributed by atoms with van der Waals surface area (Å²) in [5.74, 6) is -1.66. The Morgan fingerprint density at radius 1 is 0.795 bits per heavy atom. The first-order chi connectivity index (χ1) is 21.1. The van der Waals surface area contributed by atoms with Crippen LogP contribution in [0.25, 0.3) is 33.2 Å². The second-order valence-corrected chi connectivity index (χ2v) is 12.2. The number of hydrogen-bond acceptors (Lipinski definition) is 6. The average Bonchev–Trinajstić information content (AvgIpc) is 3.01. The van der Waals surface area contributed by atoms with Gasteiger partial charge < -0.3 is 5.11 Å². The van der Waals surface area contributed by atoms with Gasteiger partial charge in [-0.3, -0.25) is 14.4 Å². The Morgan fingerprint density at radius 3 is 2.11 bits per heavy atom. The number of nitrogens with one attached hydrogen (secondary N) is 1. The molecule has 0 fully saturated rings. The van der Waals surface area contributed by atoms with Gasteiger partial charge in [-0.05, 0) is 43.0 Å². The van der Waals surface area contributed by atoms with Crippen molar-refractivity contribution in [2.45, 2.75) is 44.0 Å². The quantitative estimate of drug-likeness (QED) is 0.188. The number of rotatable bonds is 11. The van der Waals surface area contributed by atoms with Crippen molar-refractivity contribution in [2.24, 2.45) is 0 Å². The molecular weight excluding hydrogens is 578 g/mol. The Balaban J connectivity index is 1.39. The van der Waals surface area contributed by atoms with Gasteiger partial charge in [0, 0.05) is 29.4 Å². The van der Waals surface area contributed by atoms with E-state index < -0.39 is 21.9 Å². The summed E-state index contributed by atoms with van der Waals surface area (Å²) in [6.07, 6.45) is 0.355. The standard InChI is InChI=1S/C34H31N3O6S/c1-23-14-18-26(19-15-23)33-28-9-2-3-10-29(28)34(41)37(35-33)22-24-16-20-25(21-17-24)27-8-4-5-11-30(27)44(42,43)36-31(38)12-6-7-13-32(39)40/h2-5,8-11,14-21H,6-7,12-13,22H2,1H3,(H,36,38)(H,39,40). The maximum atomic E-state index is 13.4. The van der Waals surface area contributed by atoms with E-state index in [-0.39, 0.29) is 42.7 Å². The topological polar surface area (TPSA) is 135 Å². The highest BCUT2D eigenvalue weighted by molar-refractivity contribution is 7.90. The van der Waals surface area contributed by atoms with Gasteiger partial charge in [-0.2, -0.15) is 5.10 Å². The number of unbranched alkanes of at least 4 members (excludes halogenated alkanes) is 1. The lowest BCUT2D eigenvalue weighted by atomic mass is 10.0. The number of carboxylic acid groups (broad SMARTS) is 1. The molecule has 0 unspecified atom stereocenters. The summed E-state index contributed by atoms with van der Waals surface area (Å²) in [5, 5.41) is 14.8. The first-order valence-corrected chi connectivity index (χ1v) is 15.6. The smallest absolute Gasteiger partial charge is 0.303 e. The lowest BCUT2D eigenvalue weighted by molar-refractivity contribution is -0.137. The molecule has 10 heteroatoms. The van der Waals surface area contributed by atoms with Crippen molar-refractivity contribution in [3.05, 3.63) is 119 Å². The molecule has 1 aromatic heterocycles. The Hall–Kier alpha value is -5.09. The van der Waals surface area contributed by atoms with Crippen LogP contribution in [-0.4, -0.2) is 35.2 Å². The number of amides is 1. The minimum Gasteiger partial charge on any atom is -0.481 e. The van der Waals surface area contributed by atoms with E-state index in [0.717, 1.165) is 22.1 Å². The number of carbonyl (C=O) groups excluding carboxylic acids is 1. The SMILES string of the molecule is Cc1ccc(-c2nn(Cc3ccc(-c4ccccc4S(=O)(=O)NC(=O)CCCCC(=O)O)cc3)c(=O)c3ccccc23)cc1. The van der Waals surface area contributed by atoms with Crippen molar-refractivity contribution < 1.29 is 23.1 Å². The predicted molar refractivity (Wildman–Crippen MR) is 169 cm³/mol. The number of aryl methyl sites for hydroxylation is 1. The highest BCUT2D eigenvalue weighted by Crippen LogP contribution is 2.28. The molecule has 0 bridgehead atoms. The summed E-state index contributed by atoms with van der Waals surface area (Å²) in [6.45, 7) is 2.22. The Bertz CT molecular complexity index is 2000. The van der Waals surface area contributed by atoms with E-state index in [2.05, 4.69) is 4.72 Å². The van der Waals surface area contributed by atoms with Crippen LogP contribution in [0.3, 0.4) is 0 Å². The van der Waals surface area contributed by atoms with Gasteiger partial charge in [0.1, 0.15) is 0 Å². The van der Waals surface area contributed by atoms with Crippen LogP contribution in [0, 0.1) is 6.92 Å². The highest BCUT2D eigenvalue weighted by atomic mass is 32.2. The summed E-state index contributed by atoms with van der Waals surface area (Å²) >= 11 is 0. The number of fused-ring (bicyclic) bond motifs is 1. The number of nitrogens with zero attached hydrogens (tertiary/aromatic N) is 2. The van der Waals surface area contributed by atoms with E-state index >= 15 is 0 Å². The minimum absolute atomic E-state index is 0.0539. The van der Waals surface area contributed by atoms with Crippen molar-refractivity contribution in [3.8, 4) is 22.4 Å². The number of aliphatic carboxylic acids is 1. The fourth-order valence-corrected chi connectivity index (χ4v) is 6.23. The largest absolute Gasteiger partial charge is 0.481 e. The summed E-state index contributed by atoms with van der Waals surface area (Å²) in [7, 11) is -4.18. The zero-order valence-electron chi connectivity index (χ0n) is 24.1. The number of carbonyl (C=O) groups is 2. The summed E-state index contributed by atoms with van der Waals surface area (Å²) in [4.78, 5) is 36.3. The molecule has 44 heavy (non-hydrogen) atoms. The van der Waals surface area contributed by atoms with Crippen LogP contribution in [0.2, 0.25) is 0 Å². The normalized spacial score (nSPS) is 11.4. The predicted octanol–water partition coefficient (Wildman–Crippen LogP) is 5.54. The molecule has 0 saturated heterocycles. The van der Waals surface area contributed by atoms with E-state index in [0.29, 0.717) is 22.2 Å². The zero-order chi connectivity index (χ0) is 31.3. The van der Waals surface area contributed by atoms with Crippen LogP contribution in [0.15, 0.2) is 107 Å². The third kappa shape index (κ3) is 6.92. The van der Waals surface area contributed by atoms with Gasteiger partial charge in [-0.15, -0.1) is 0 Å². The molecule has 0 aliphatic carbocycles. The molecule has 224 valence electrons. The molecular formula is C34H31N3O6S. The second-order valence-electron chi connectivity index (χ2n) is 10.5. The lowest BCUT2D eigenvalue weighted by Crippen LogP contribution is -2.30. The Kier molecular flexibility index (Phi) is 9.01. The number of hydrogen-bond donors (Lipinski definition) is 2. The Labute approximate surface area is 254 Å². The molecule has 0 radical (unpaired) electrons. The molecule has 4 aromatic carbocycles. The van der Waals surface area contributed by atoms with Crippen molar-refractivity contribution >= 4 is 32.7 Å². The van der Waals surface area contributed by atoms with Gasteiger partial charge in [-0.25, -0.2) is 17.8 Å². The lowest BCUT2D eigenvalue weighted by Gasteiger charge is -2.13. The summed E-state index contributed by atoms with van der Waals surface area (Å²) < 4.78 is 29.8. The molecule has 1 amide bonds. The van der Waals surface area contributed by atoms with E-state index in [1.807, 2.05) is 61.5 Å². The second kappa shape index (κ2) is 13.0. The molecule has 5 rings (SSSR count). The monoisotopic (exact) mass is 609 g/mol. The van der Waals surface area contributed by atoms with Crippen LogP contribution >= 0.6 is 0 Å². The molecule has 0 saturated carbocycles. The number of aromatic nitrogens is 2. The van der Waals surface area contributed by atoms with Gasteiger partial charge in [0.2, 0.25) is 5.91 Å². The number of benzene rings is 4. The fraction of sp³-hybridized carbons (Fsp3) is 0.176. The van der Waals surface area contributed by atoms with Crippen LogP contribution < -0.4 is 10.3 Å². The summed E-state index contributed by atoms with van der Waals surface area (Å²) in [5.41, 5.74) is 4.34. The van der Waals surface area contributed by atoms with Gasteiger partial charge in [-0.1, -0.05) is 90.5 Å².